The molecule has 19 heavy (non-hydrogen) atoms. The molecule has 0 spiro atoms. The molecule has 0 saturated heterocycles. The Morgan fingerprint density at radius 3 is 2.63 bits per heavy atom. The second-order valence-electron chi connectivity index (χ2n) is 4.18. The average Bonchev–Trinajstić information content (AvgIpc) is 2.37. The van der Waals surface area contributed by atoms with Gasteiger partial charge in [0, 0.05) is 0 Å². The first-order valence-electron chi connectivity index (χ1n) is 5.92. The van der Waals surface area contributed by atoms with Gasteiger partial charge < -0.3 is 20.5 Å². The van der Waals surface area contributed by atoms with Gasteiger partial charge in [-0.2, -0.15) is 0 Å². The molecule has 1 aliphatic rings. The molecule has 0 radical (unpaired) electrons. The van der Waals surface area contributed by atoms with Gasteiger partial charge in [0.05, 0.1) is 6.04 Å². The van der Waals surface area contributed by atoms with Crippen LogP contribution in [0.3, 0.4) is 0 Å². The molecule has 1 aromatic carbocycles. The Kier molecular flexibility index (Phi) is 3.74. The first-order valence-corrected chi connectivity index (χ1v) is 5.92. The maximum atomic E-state index is 7.59. The summed E-state index contributed by atoms with van der Waals surface area (Å²) in [5, 5.41) is 19.9. The number of rotatable bonds is 2. The number of benzene rings is 1. The minimum absolute atomic E-state index is 0.0186. The first-order chi connectivity index (χ1) is 9.06. The molecule has 7 nitrogen and oxygen atoms in total. The van der Waals surface area contributed by atoms with E-state index in [-0.39, 0.29) is 18.0 Å². The van der Waals surface area contributed by atoms with Crippen LogP contribution in [-0.2, 0) is 0 Å². The highest BCUT2D eigenvalue weighted by atomic mass is 16.6. The van der Waals surface area contributed by atoms with Gasteiger partial charge in [-0.05, 0) is 24.6 Å². The van der Waals surface area contributed by atoms with Crippen molar-refractivity contribution < 1.29 is 9.47 Å². The number of ether oxygens (including phenoxy) is 2. The molecule has 1 heterocycles. The van der Waals surface area contributed by atoms with Crippen LogP contribution < -0.4 is 25.8 Å². The van der Waals surface area contributed by atoms with Crippen molar-refractivity contribution in [1.29, 1.82) is 10.8 Å². The zero-order valence-corrected chi connectivity index (χ0v) is 10.6. The Labute approximate surface area is 111 Å². The molecule has 6 N–H and O–H groups in total. The van der Waals surface area contributed by atoms with E-state index in [1.54, 1.807) is 0 Å². The van der Waals surface area contributed by atoms with Crippen LogP contribution >= 0.6 is 0 Å². The van der Waals surface area contributed by atoms with E-state index < -0.39 is 0 Å². The van der Waals surface area contributed by atoms with Crippen molar-refractivity contribution in [2.75, 3.05) is 13.2 Å². The van der Waals surface area contributed by atoms with Crippen molar-refractivity contribution in [2.24, 2.45) is 5.73 Å². The summed E-state index contributed by atoms with van der Waals surface area (Å²) in [4.78, 5) is 0. The largest absolute Gasteiger partial charge is 0.486 e. The van der Waals surface area contributed by atoms with Crippen LogP contribution in [0.1, 0.15) is 18.5 Å². The second kappa shape index (κ2) is 5.47. The maximum Gasteiger partial charge on any atom is 0.195 e. The van der Waals surface area contributed by atoms with Gasteiger partial charge >= 0.3 is 0 Å². The molecule has 1 unspecified atom stereocenters. The quantitative estimate of drug-likeness (QED) is 0.394. The zero-order valence-electron chi connectivity index (χ0n) is 10.6. The summed E-state index contributed by atoms with van der Waals surface area (Å²) in [6, 6.07) is 5.53. The predicted molar refractivity (Wildman–Crippen MR) is 71.8 cm³/mol. The minimum atomic E-state index is -0.271. The second-order valence-corrected chi connectivity index (χ2v) is 4.18. The fourth-order valence-corrected chi connectivity index (χ4v) is 1.80. The molecule has 102 valence electrons. The maximum absolute atomic E-state index is 7.59. The Bertz CT molecular complexity index is 503. The molecule has 0 saturated carbocycles. The number of fused-ring (bicyclic) bond motifs is 1. The lowest BCUT2D eigenvalue weighted by molar-refractivity contribution is 0.171. The average molecular weight is 263 g/mol. The topological polar surface area (TPSA) is 116 Å². The van der Waals surface area contributed by atoms with E-state index >= 15 is 0 Å². The lowest BCUT2D eigenvalue weighted by atomic mass is 10.1. The number of hydrogen-bond acceptors (Lipinski definition) is 4. The molecule has 2 rings (SSSR count). The number of nitrogens with two attached hydrogens (primary N) is 1. The van der Waals surface area contributed by atoms with Crippen LogP contribution in [0, 0.1) is 10.8 Å². The minimum Gasteiger partial charge on any atom is -0.486 e. The Morgan fingerprint density at radius 2 is 1.95 bits per heavy atom. The van der Waals surface area contributed by atoms with Gasteiger partial charge in [0.2, 0.25) is 0 Å². The van der Waals surface area contributed by atoms with Gasteiger partial charge in [-0.1, -0.05) is 6.07 Å². The van der Waals surface area contributed by atoms with Crippen molar-refractivity contribution in [3.63, 3.8) is 0 Å². The fraction of sp³-hybridized carbons (Fsp3) is 0.333. The van der Waals surface area contributed by atoms with Crippen LogP contribution in [0.5, 0.6) is 11.5 Å². The third-order valence-electron chi connectivity index (χ3n) is 2.69. The summed E-state index contributed by atoms with van der Waals surface area (Å²) in [5.41, 5.74) is 6.11. The van der Waals surface area contributed by atoms with Crippen LogP contribution in [0.4, 0.5) is 0 Å². The van der Waals surface area contributed by atoms with E-state index in [0.717, 1.165) is 11.3 Å². The van der Waals surface area contributed by atoms with Crippen molar-refractivity contribution in [1.82, 2.24) is 10.6 Å². The SMILES string of the molecule is CC(NC(=N)NC(=N)N)c1ccc2c(c1)OCCO2. The molecule has 1 aliphatic heterocycles. The van der Waals surface area contributed by atoms with Gasteiger partial charge in [0.1, 0.15) is 13.2 Å². The Hall–Kier alpha value is -2.44. The summed E-state index contributed by atoms with van der Waals surface area (Å²) < 4.78 is 11.0. The summed E-state index contributed by atoms with van der Waals surface area (Å²) in [5.74, 6) is 1.16. The molecule has 0 bridgehead atoms. The van der Waals surface area contributed by atoms with E-state index in [0.29, 0.717) is 19.0 Å². The van der Waals surface area contributed by atoms with Gasteiger partial charge in [-0.15, -0.1) is 0 Å². The molecule has 0 fully saturated rings. The smallest absolute Gasteiger partial charge is 0.195 e. The Balaban J connectivity index is 2.04. The van der Waals surface area contributed by atoms with Crippen LogP contribution in [0.2, 0.25) is 0 Å². The molecule has 0 aliphatic carbocycles. The molecule has 1 atom stereocenters. The molecular weight excluding hydrogens is 246 g/mol. The Morgan fingerprint density at radius 1 is 1.26 bits per heavy atom. The van der Waals surface area contributed by atoms with Crippen LogP contribution in [-0.4, -0.2) is 25.1 Å². The monoisotopic (exact) mass is 263 g/mol. The van der Waals surface area contributed by atoms with E-state index in [9.17, 15) is 0 Å². The molecule has 0 aromatic heterocycles. The molecule has 0 amide bonds. The summed E-state index contributed by atoms with van der Waals surface area (Å²) in [6.45, 7) is 3.01. The fourth-order valence-electron chi connectivity index (χ4n) is 1.80. The van der Waals surface area contributed by atoms with Gasteiger partial charge in [0.15, 0.2) is 23.4 Å². The van der Waals surface area contributed by atoms with Gasteiger partial charge in [-0.25, -0.2) is 0 Å². The summed E-state index contributed by atoms with van der Waals surface area (Å²) in [7, 11) is 0. The van der Waals surface area contributed by atoms with Crippen molar-refractivity contribution >= 4 is 11.9 Å². The zero-order chi connectivity index (χ0) is 13.8. The molecular formula is C12H17N5O2. The highest BCUT2D eigenvalue weighted by molar-refractivity contribution is 5.94. The molecule has 1 aromatic rings. The van der Waals surface area contributed by atoms with E-state index in [1.165, 1.54) is 0 Å². The van der Waals surface area contributed by atoms with Crippen molar-refractivity contribution in [2.45, 2.75) is 13.0 Å². The van der Waals surface area contributed by atoms with Gasteiger partial charge in [-0.3, -0.25) is 16.1 Å². The normalized spacial score (nSPS) is 14.4. The third-order valence-corrected chi connectivity index (χ3v) is 2.69. The standard InChI is InChI=1S/C12H17N5O2/c1-7(16-12(15)17-11(13)14)8-2-3-9-10(6-8)19-5-4-18-9/h2-3,6-7H,4-5H2,1H3,(H6,13,14,15,16,17). The number of guanidine groups is 2. The number of nitrogens with one attached hydrogen (secondary N) is 4. The lowest BCUT2D eigenvalue weighted by Gasteiger charge is -2.21. The number of hydrogen-bond donors (Lipinski definition) is 5. The van der Waals surface area contributed by atoms with Gasteiger partial charge in [0.25, 0.3) is 0 Å². The highest BCUT2D eigenvalue weighted by Crippen LogP contribution is 2.32. The highest BCUT2D eigenvalue weighted by Gasteiger charge is 2.15. The van der Waals surface area contributed by atoms with E-state index in [4.69, 9.17) is 26.0 Å². The van der Waals surface area contributed by atoms with E-state index in [2.05, 4.69) is 10.6 Å². The van der Waals surface area contributed by atoms with Crippen LogP contribution in [0.25, 0.3) is 0 Å². The van der Waals surface area contributed by atoms with Crippen LogP contribution in [0.15, 0.2) is 18.2 Å². The van der Waals surface area contributed by atoms with Crippen molar-refractivity contribution in [3.05, 3.63) is 23.8 Å². The first kappa shape index (κ1) is 13.0. The summed E-state index contributed by atoms with van der Waals surface area (Å²) >= 11 is 0. The van der Waals surface area contributed by atoms with E-state index in [1.807, 2.05) is 25.1 Å². The predicted octanol–water partition coefficient (Wildman–Crippen LogP) is 0.526. The van der Waals surface area contributed by atoms with Crippen molar-refractivity contribution in [3.8, 4) is 11.5 Å². The third kappa shape index (κ3) is 3.27. The molecule has 7 heteroatoms. The summed E-state index contributed by atoms with van der Waals surface area (Å²) in [6.07, 6.45) is 0. The lowest BCUT2D eigenvalue weighted by Crippen LogP contribution is -2.44.